The molecular weight excluding hydrogens is 843 g/mol. The first kappa shape index (κ1) is 43.9. The number of nitrogens with two attached hydrogens (primary N) is 1. The molecule has 0 radical (unpaired) electrons. The lowest BCUT2D eigenvalue weighted by Crippen LogP contribution is -2.45. The fourth-order valence-electron chi connectivity index (χ4n) is 13.6. The average molecular weight is 910 g/mol. The van der Waals surface area contributed by atoms with E-state index in [1.165, 1.54) is 33.4 Å². The number of allylic oxidation sites excluding steroid dienone is 19. The van der Waals surface area contributed by atoms with Crippen molar-refractivity contribution >= 4 is 28.7 Å². The summed E-state index contributed by atoms with van der Waals surface area (Å²) in [5.74, 6) is 6.06. The summed E-state index contributed by atoms with van der Waals surface area (Å²) in [5, 5.41) is 5.23. The van der Waals surface area contributed by atoms with Gasteiger partial charge >= 0.3 is 0 Å². The zero-order valence-electron chi connectivity index (χ0n) is 40.4. The molecule has 10 unspecified atom stereocenters. The van der Waals surface area contributed by atoms with Crippen molar-refractivity contribution < 1.29 is 4.74 Å². The molecule has 7 aliphatic carbocycles. The van der Waals surface area contributed by atoms with Crippen LogP contribution in [0.25, 0.3) is 22.7 Å². The van der Waals surface area contributed by atoms with E-state index in [4.69, 9.17) is 20.5 Å². The van der Waals surface area contributed by atoms with Crippen molar-refractivity contribution in [1.29, 1.82) is 0 Å². The Balaban J connectivity index is 1.01. The fourth-order valence-corrected chi connectivity index (χ4v) is 13.6. The van der Waals surface area contributed by atoms with Gasteiger partial charge in [-0.3, -0.25) is 0 Å². The standard InChI is InChI=1S/C63H67N5O/c1-40(57-47(42-22-8-3-9-23-42)33-20-34-48(57)43-24-10-4-11-25-43)41(2)58(63-66-61(44-26-12-5-13-27-44)65-62(67-63)45-28-14-6-15-29-45)60(64)50-35-21-37-55-59(50)52-38-51-49-32-18-19-36-53(49)68(46-30-16-7-17-31-46)54(51)39-56(52)69-55/h3-5,7-10,12-14,16-18,20,22,24,26,28-33,37-42,44,47-48,50,57,59,61H,6,11,15,19,21,23,25,27,34-36,64H2,1-2H3,(H,65,66,67)/b60-58+. The summed E-state index contributed by atoms with van der Waals surface area (Å²) in [6.45, 7) is 5.02. The lowest BCUT2D eigenvalue weighted by atomic mass is 9.59. The molecule has 12 rings (SSSR count). The molecule has 0 amide bonds. The molecule has 0 saturated heterocycles. The Kier molecular flexibility index (Phi) is 12.0. The smallest absolute Gasteiger partial charge is 0.150 e. The molecule has 69 heavy (non-hydrogen) atoms. The first-order valence-corrected chi connectivity index (χ1v) is 26.3. The molecule has 2 aliphatic heterocycles. The number of aromatic nitrogens is 1. The van der Waals surface area contributed by atoms with Crippen molar-refractivity contribution in [3.8, 4) is 11.4 Å². The molecule has 2 aromatic carbocycles. The number of ether oxygens (including phenoxy) is 1. The summed E-state index contributed by atoms with van der Waals surface area (Å²) in [6, 6.07) is 15.6. The van der Waals surface area contributed by atoms with Gasteiger partial charge in [0.25, 0.3) is 0 Å². The molecule has 0 spiro atoms. The van der Waals surface area contributed by atoms with Crippen LogP contribution in [0.5, 0.6) is 5.75 Å². The molecule has 1 aromatic heterocycles. The second kappa shape index (κ2) is 18.8. The summed E-state index contributed by atoms with van der Waals surface area (Å²) in [6.07, 6.45) is 55.3. The number of aliphatic imine (C=N–C) groups is 2. The third-order valence-corrected chi connectivity index (χ3v) is 17.1. The Morgan fingerprint density at radius 1 is 0.783 bits per heavy atom. The second-order valence-electron chi connectivity index (χ2n) is 21.0. The van der Waals surface area contributed by atoms with Crippen LogP contribution in [0.15, 0.2) is 190 Å². The van der Waals surface area contributed by atoms with Crippen LogP contribution >= 0.6 is 0 Å². The van der Waals surface area contributed by atoms with E-state index in [0.29, 0.717) is 23.7 Å². The Hall–Kier alpha value is -6.40. The third kappa shape index (κ3) is 8.08. The Morgan fingerprint density at radius 3 is 2.39 bits per heavy atom. The van der Waals surface area contributed by atoms with Gasteiger partial charge in [-0.1, -0.05) is 147 Å². The average Bonchev–Trinajstić information content (AvgIpc) is 3.95. The summed E-state index contributed by atoms with van der Waals surface area (Å²) in [4.78, 5) is 11.1. The Labute approximate surface area is 409 Å². The quantitative estimate of drug-likeness (QED) is 0.199. The Morgan fingerprint density at radius 2 is 1.61 bits per heavy atom. The molecule has 9 aliphatic rings. The lowest BCUT2D eigenvalue weighted by molar-refractivity contribution is 0.134. The van der Waals surface area contributed by atoms with Crippen molar-refractivity contribution in [1.82, 2.24) is 9.88 Å². The topological polar surface area (TPSA) is 76.9 Å². The SMILES string of the molecule is CC(/C(C1=NC(C2C=CC=CC2)N=C(C2=CCCC=C2)N1)=C(\N)C1CCC=C2Oc3cc4c(cc3C21)c1c(n4-c2ccccc2)CCC=C1)C(C)C1C(C2=CC=CCC2)CC=CC1C1C=CC=CC1. The number of nitrogens with zero attached hydrogens (tertiary/aromatic N) is 3. The van der Waals surface area contributed by atoms with Gasteiger partial charge in [0.15, 0.2) is 6.17 Å². The lowest BCUT2D eigenvalue weighted by Gasteiger charge is -2.46. The van der Waals surface area contributed by atoms with Crippen LogP contribution in [-0.2, 0) is 6.42 Å². The predicted molar refractivity (Wildman–Crippen MR) is 286 cm³/mol. The van der Waals surface area contributed by atoms with Gasteiger partial charge < -0.3 is 20.4 Å². The van der Waals surface area contributed by atoms with E-state index in [9.17, 15) is 0 Å². The first-order chi connectivity index (χ1) is 34.0. The van der Waals surface area contributed by atoms with Crippen molar-refractivity contribution in [3.63, 3.8) is 0 Å². The number of fused-ring (bicyclic) bond motifs is 6. The zero-order chi connectivity index (χ0) is 46.4. The third-order valence-electron chi connectivity index (χ3n) is 17.1. The fraction of sp³-hybridized carbons (Fsp3) is 0.365. The molecule has 6 nitrogen and oxygen atoms in total. The normalized spacial score (nSPS) is 29.9. The predicted octanol–water partition coefficient (Wildman–Crippen LogP) is 14.2. The molecule has 6 heteroatoms. The number of nitrogens with one attached hydrogen (secondary N) is 1. The number of rotatable bonds is 10. The van der Waals surface area contributed by atoms with Gasteiger partial charge in [0.05, 0.1) is 11.4 Å². The zero-order valence-corrected chi connectivity index (χ0v) is 40.4. The summed E-state index contributed by atoms with van der Waals surface area (Å²) < 4.78 is 9.50. The Bertz CT molecular complexity index is 2970. The van der Waals surface area contributed by atoms with Crippen LogP contribution in [0.4, 0.5) is 0 Å². The van der Waals surface area contributed by atoms with E-state index >= 15 is 0 Å². The summed E-state index contributed by atoms with van der Waals surface area (Å²) in [5.41, 5.74) is 19.3. The largest absolute Gasteiger partial charge is 0.461 e. The molecular formula is C63H67N5O. The van der Waals surface area contributed by atoms with E-state index in [1.807, 2.05) is 0 Å². The van der Waals surface area contributed by atoms with E-state index in [-0.39, 0.29) is 35.8 Å². The van der Waals surface area contributed by atoms with E-state index < -0.39 is 0 Å². The van der Waals surface area contributed by atoms with Crippen LogP contribution in [0, 0.1) is 47.3 Å². The second-order valence-corrected chi connectivity index (χ2v) is 21.0. The minimum Gasteiger partial charge on any atom is -0.461 e. The molecule has 0 saturated carbocycles. The highest BCUT2D eigenvalue weighted by molar-refractivity contribution is 6.17. The van der Waals surface area contributed by atoms with Gasteiger partial charge in [-0.2, -0.15) is 0 Å². The monoisotopic (exact) mass is 910 g/mol. The van der Waals surface area contributed by atoms with Crippen molar-refractivity contribution in [3.05, 3.63) is 197 Å². The molecule has 0 fully saturated rings. The highest BCUT2D eigenvalue weighted by Crippen LogP contribution is 2.54. The molecule has 3 heterocycles. The van der Waals surface area contributed by atoms with Crippen molar-refractivity contribution in [2.75, 3.05) is 0 Å². The van der Waals surface area contributed by atoms with Crippen LogP contribution in [0.2, 0.25) is 0 Å². The summed E-state index contributed by atoms with van der Waals surface area (Å²) >= 11 is 0. The maximum atomic E-state index is 8.12. The van der Waals surface area contributed by atoms with Crippen LogP contribution < -0.4 is 15.8 Å². The van der Waals surface area contributed by atoms with Gasteiger partial charge in [-0.05, 0) is 130 Å². The minimum atomic E-state index is -0.269. The van der Waals surface area contributed by atoms with E-state index in [0.717, 1.165) is 111 Å². The highest BCUT2D eigenvalue weighted by atomic mass is 16.5. The number of hydrogen-bond acceptors (Lipinski definition) is 5. The molecule has 3 N–H and O–H groups in total. The first-order valence-electron chi connectivity index (χ1n) is 26.3. The minimum absolute atomic E-state index is 0.000988. The number of benzene rings is 2. The highest BCUT2D eigenvalue weighted by Gasteiger charge is 2.46. The maximum absolute atomic E-state index is 8.12. The van der Waals surface area contributed by atoms with Crippen molar-refractivity contribution in [2.45, 2.75) is 96.6 Å². The molecule has 350 valence electrons. The number of amidine groups is 2. The molecule has 10 atom stereocenters. The summed E-state index contributed by atoms with van der Waals surface area (Å²) in [7, 11) is 0. The van der Waals surface area contributed by atoms with E-state index in [1.54, 1.807) is 5.57 Å². The van der Waals surface area contributed by atoms with Crippen LogP contribution in [0.1, 0.15) is 101 Å². The van der Waals surface area contributed by atoms with Crippen molar-refractivity contribution in [2.24, 2.45) is 63.1 Å². The van der Waals surface area contributed by atoms with Gasteiger partial charge in [-0.25, -0.2) is 9.98 Å². The van der Waals surface area contributed by atoms with Gasteiger partial charge in [0.2, 0.25) is 0 Å². The number of para-hydroxylation sites is 1. The maximum Gasteiger partial charge on any atom is 0.150 e. The van der Waals surface area contributed by atoms with Gasteiger partial charge in [0.1, 0.15) is 23.2 Å². The molecule has 0 bridgehead atoms. The number of hydrogen-bond donors (Lipinski definition) is 2. The van der Waals surface area contributed by atoms with Crippen LogP contribution in [0.3, 0.4) is 0 Å². The van der Waals surface area contributed by atoms with Crippen LogP contribution in [-0.4, -0.2) is 22.4 Å². The van der Waals surface area contributed by atoms with E-state index in [2.05, 4.69) is 182 Å². The van der Waals surface area contributed by atoms with Gasteiger partial charge in [0, 0.05) is 62.6 Å². The molecule has 3 aromatic rings. The van der Waals surface area contributed by atoms with Gasteiger partial charge in [-0.15, -0.1) is 0 Å².